The normalized spacial score (nSPS) is 12.1. The lowest BCUT2D eigenvalue weighted by atomic mass is 10.0. The number of halogens is 1. The second kappa shape index (κ2) is 9.02. The molecular formula is C19H21ClOS. The fourth-order valence-electron chi connectivity index (χ4n) is 2.28. The van der Waals surface area contributed by atoms with Gasteiger partial charge in [-0.1, -0.05) is 73.5 Å². The highest BCUT2D eigenvalue weighted by Crippen LogP contribution is 2.37. The first-order valence-electron chi connectivity index (χ1n) is 7.66. The van der Waals surface area contributed by atoms with Gasteiger partial charge >= 0.3 is 0 Å². The van der Waals surface area contributed by atoms with Gasteiger partial charge in [-0.3, -0.25) is 4.79 Å². The van der Waals surface area contributed by atoms with Crippen LogP contribution in [0.25, 0.3) is 0 Å². The van der Waals surface area contributed by atoms with Gasteiger partial charge in [-0.25, -0.2) is 0 Å². The zero-order chi connectivity index (χ0) is 15.8. The van der Waals surface area contributed by atoms with E-state index in [1.807, 2.05) is 66.4 Å². The Hall–Kier alpha value is -1.25. The van der Waals surface area contributed by atoms with E-state index >= 15 is 0 Å². The molecule has 0 amide bonds. The van der Waals surface area contributed by atoms with Gasteiger partial charge in [0.2, 0.25) is 0 Å². The van der Waals surface area contributed by atoms with Crippen molar-refractivity contribution in [2.75, 3.05) is 5.75 Å². The number of thioether (sulfide) groups is 1. The monoisotopic (exact) mass is 332 g/mol. The van der Waals surface area contributed by atoms with Gasteiger partial charge in [-0.05, 0) is 23.8 Å². The number of hydrogen-bond donors (Lipinski definition) is 0. The van der Waals surface area contributed by atoms with Gasteiger partial charge in [0.05, 0.1) is 0 Å². The van der Waals surface area contributed by atoms with Crippen molar-refractivity contribution in [3.8, 4) is 0 Å². The molecule has 1 atom stereocenters. The molecule has 116 valence electrons. The second-order valence-corrected chi connectivity index (χ2v) is 6.95. The van der Waals surface area contributed by atoms with Crippen molar-refractivity contribution in [2.24, 2.45) is 0 Å². The third-order valence-electron chi connectivity index (χ3n) is 3.54. The maximum Gasteiger partial charge on any atom is 0.164 e. The zero-order valence-corrected chi connectivity index (χ0v) is 14.4. The lowest BCUT2D eigenvalue weighted by Crippen LogP contribution is -2.06. The van der Waals surface area contributed by atoms with Crippen LogP contribution >= 0.6 is 23.4 Å². The summed E-state index contributed by atoms with van der Waals surface area (Å²) in [6.45, 7) is 2.18. The summed E-state index contributed by atoms with van der Waals surface area (Å²) in [7, 11) is 0. The van der Waals surface area contributed by atoms with Crippen LogP contribution < -0.4 is 0 Å². The Morgan fingerprint density at radius 1 is 1.09 bits per heavy atom. The summed E-state index contributed by atoms with van der Waals surface area (Å²) in [5, 5.41) is 0.866. The maximum absolute atomic E-state index is 12.5. The van der Waals surface area contributed by atoms with Crippen LogP contribution in [0.5, 0.6) is 0 Å². The predicted octanol–water partition coefficient (Wildman–Crippen LogP) is 6.19. The van der Waals surface area contributed by atoms with Crippen LogP contribution in [-0.2, 0) is 0 Å². The Labute approximate surface area is 142 Å². The first-order chi connectivity index (χ1) is 10.7. The van der Waals surface area contributed by atoms with Gasteiger partial charge in [0.15, 0.2) is 5.78 Å². The van der Waals surface area contributed by atoms with E-state index in [2.05, 4.69) is 6.92 Å². The zero-order valence-electron chi connectivity index (χ0n) is 12.8. The molecular weight excluding hydrogens is 312 g/mol. The Bertz CT molecular complexity index is 597. The summed E-state index contributed by atoms with van der Waals surface area (Å²) in [6, 6.07) is 17.3. The molecule has 2 rings (SSSR count). The number of benzene rings is 2. The van der Waals surface area contributed by atoms with E-state index < -0.39 is 0 Å². The van der Waals surface area contributed by atoms with Crippen molar-refractivity contribution >= 4 is 29.1 Å². The number of carbonyl (C=O) groups is 1. The standard InChI is InChI=1S/C19H21ClOS/c1-2-3-13-22-19(16-11-7-8-12-17(16)20)14-18(21)15-9-5-4-6-10-15/h4-12,19H,2-3,13-14H2,1H3. The van der Waals surface area contributed by atoms with Crippen molar-refractivity contribution < 1.29 is 4.79 Å². The van der Waals surface area contributed by atoms with E-state index in [-0.39, 0.29) is 11.0 Å². The minimum atomic E-state index is 0.118. The number of Topliss-reactive ketones (excluding diaryl/α,β-unsaturated/α-hetero) is 1. The van der Waals surface area contributed by atoms with E-state index in [0.717, 1.165) is 34.7 Å². The third-order valence-corrected chi connectivity index (χ3v) is 5.23. The van der Waals surface area contributed by atoms with Gasteiger partial charge < -0.3 is 0 Å². The Morgan fingerprint density at radius 3 is 2.45 bits per heavy atom. The van der Waals surface area contributed by atoms with E-state index in [1.54, 1.807) is 0 Å². The van der Waals surface area contributed by atoms with Crippen molar-refractivity contribution in [3.63, 3.8) is 0 Å². The molecule has 2 aromatic carbocycles. The Kier molecular flexibility index (Phi) is 7.01. The van der Waals surface area contributed by atoms with Crippen LogP contribution in [0.3, 0.4) is 0 Å². The van der Waals surface area contributed by atoms with Crippen molar-refractivity contribution in [1.82, 2.24) is 0 Å². The molecule has 22 heavy (non-hydrogen) atoms. The van der Waals surface area contributed by atoms with E-state index in [9.17, 15) is 4.79 Å². The smallest absolute Gasteiger partial charge is 0.164 e. The van der Waals surface area contributed by atoms with Crippen LogP contribution in [0.1, 0.15) is 47.4 Å². The Balaban J connectivity index is 2.14. The maximum atomic E-state index is 12.5. The second-order valence-electron chi connectivity index (χ2n) is 5.23. The molecule has 0 aliphatic heterocycles. The quantitative estimate of drug-likeness (QED) is 0.423. The highest BCUT2D eigenvalue weighted by atomic mass is 35.5. The number of rotatable bonds is 8. The molecule has 1 unspecified atom stereocenters. The first kappa shape index (κ1) is 17.1. The lowest BCUT2D eigenvalue weighted by molar-refractivity contribution is 0.0982. The van der Waals surface area contributed by atoms with Crippen LogP contribution in [-0.4, -0.2) is 11.5 Å². The average Bonchev–Trinajstić information content (AvgIpc) is 2.55. The molecule has 1 nitrogen and oxygen atoms in total. The average molecular weight is 333 g/mol. The molecule has 0 N–H and O–H groups in total. The fraction of sp³-hybridized carbons (Fsp3) is 0.316. The molecule has 0 radical (unpaired) electrons. The molecule has 0 aliphatic rings. The van der Waals surface area contributed by atoms with Crippen molar-refractivity contribution in [3.05, 3.63) is 70.7 Å². The summed E-state index contributed by atoms with van der Waals surface area (Å²) >= 11 is 8.17. The number of carbonyl (C=O) groups excluding carboxylic acids is 1. The molecule has 0 saturated heterocycles. The van der Waals surface area contributed by atoms with Gasteiger partial charge in [-0.2, -0.15) is 11.8 Å². The summed E-state index contributed by atoms with van der Waals surface area (Å²) in [4.78, 5) is 12.5. The summed E-state index contributed by atoms with van der Waals surface area (Å²) in [5.41, 5.74) is 1.84. The fourth-order valence-corrected chi connectivity index (χ4v) is 4.00. The molecule has 0 heterocycles. The van der Waals surface area contributed by atoms with Crippen LogP contribution in [0, 0.1) is 0 Å². The predicted molar refractivity (Wildman–Crippen MR) is 96.9 cm³/mol. The number of hydrogen-bond acceptors (Lipinski definition) is 2. The molecule has 0 aromatic heterocycles. The third kappa shape index (κ3) is 4.89. The highest BCUT2D eigenvalue weighted by Gasteiger charge is 2.19. The Morgan fingerprint density at radius 2 is 1.77 bits per heavy atom. The van der Waals surface area contributed by atoms with E-state index in [1.165, 1.54) is 0 Å². The summed E-state index contributed by atoms with van der Waals surface area (Å²) in [6.07, 6.45) is 2.81. The molecule has 2 aromatic rings. The molecule has 0 fully saturated rings. The minimum absolute atomic E-state index is 0.118. The summed E-state index contributed by atoms with van der Waals surface area (Å²) < 4.78 is 0. The number of unbranched alkanes of at least 4 members (excludes halogenated alkanes) is 1. The van der Waals surface area contributed by atoms with Crippen molar-refractivity contribution in [2.45, 2.75) is 31.4 Å². The molecule has 0 spiro atoms. The SMILES string of the molecule is CCCCSC(CC(=O)c1ccccc1)c1ccccc1Cl. The van der Waals surface area contributed by atoms with Gasteiger partial charge in [-0.15, -0.1) is 0 Å². The topological polar surface area (TPSA) is 17.1 Å². The largest absolute Gasteiger partial charge is 0.294 e. The van der Waals surface area contributed by atoms with Crippen LogP contribution in [0.4, 0.5) is 0 Å². The van der Waals surface area contributed by atoms with Crippen LogP contribution in [0.2, 0.25) is 5.02 Å². The summed E-state index contributed by atoms with van der Waals surface area (Å²) in [5.74, 6) is 1.23. The molecule has 0 saturated carbocycles. The lowest BCUT2D eigenvalue weighted by Gasteiger charge is -2.18. The van der Waals surface area contributed by atoms with E-state index in [4.69, 9.17) is 11.6 Å². The molecule has 0 bridgehead atoms. The van der Waals surface area contributed by atoms with E-state index in [0.29, 0.717) is 6.42 Å². The van der Waals surface area contributed by atoms with Gasteiger partial charge in [0.1, 0.15) is 0 Å². The van der Waals surface area contributed by atoms with Gasteiger partial charge in [0, 0.05) is 22.3 Å². The minimum Gasteiger partial charge on any atom is -0.294 e. The van der Waals surface area contributed by atoms with Crippen molar-refractivity contribution in [1.29, 1.82) is 0 Å². The molecule has 0 aliphatic carbocycles. The first-order valence-corrected chi connectivity index (χ1v) is 9.09. The highest BCUT2D eigenvalue weighted by molar-refractivity contribution is 7.99. The molecule has 3 heteroatoms. The number of ketones is 1. The van der Waals surface area contributed by atoms with Crippen LogP contribution in [0.15, 0.2) is 54.6 Å². The van der Waals surface area contributed by atoms with Gasteiger partial charge in [0.25, 0.3) is 0 Å².